The highest BCUT2D eigenvalue weighted by molar-refractivity contribution is 5.97. The molecule has 0 saturated carbocycles. The molecule has 0 aliphatic heterocycles. The maximum absolute atomic E-state index is 11.7. The molecule has 1 aromatic rings. The first-order valence-electron chi connectivity index (χ1n) is 5.95. The molecule has 0 unspecified atom stereocenters. The number of ether oxygens (including phenoxy) is 2. The molecule has 0 aromatic carbocycles. The van der Waals surface area contributed by atoms with E-state index >= 15 is 0 Å². The summed E-state index contributed by atoms with van der Waals surface area (Å²) >= 11 is 0. The van der Waals surface area contributed by atoms with Crippen molar-refractivity contribution >= 4 is 17.7 Å². The lowest BCUT2D eigenvalue weighted by molar-refractivity contribution is 0.0521. The summed E-state index contributed by atoms with van der Waals surface area (Å²) in [7, 11) is 0. The van der Waals surface area contributed by atoms with Crippen LogP contribution < -0.4 is 5.32 Å². The number of anilines is 1. The van der Waals surface area contributed by atoms with Crippen LogP contribution in [0, 0.1) is 0 Å². The summed E-state index contributed by atoms with van der Waals surface area (Å²) in [6.45, 7) is 7.19. The number of hydrogen-bond donors (Lipinski definition) is 1. The van der Waals surface area contributed by atoms with Gasteiger partial charge in [0.2, 0.25) is 0 Å². The SMILES string of the molecule is CCOC(=O)c1ncccc1NC(=O)OC(C)(C)C. The van der Waals surface area contributed by atoms with Gasteiger partial charge in [-0.3, -0.25) is 5.32 Å². The average Bonchev–Trinajstić information content (AvgIpc) is 2.27. The van der Waals surface area contributed by atoms with E-state index in [0.717, 1.165) is 0 Å². The Balaban J connectivity index is 2.84. The lowest BCUT2D eigenvalue weighted by Crippen LogP contribution is -2.28. The number of carbonyl (C=O) groups is 2. The van der Waals surface area contributed by atoms with Crippen LogP contribution in [0.5, 0.6) is 0 Å². The number of hydrogen-bond acceptors (Lipinski definition) is 5. The van der Waals surface area contributed by atoms with Gasteiger partial charge >= 0.3 is 12.1 Å². The number of amides is 1. The number of aromatic nitrogens is 1. The van der Waals surface area contributed by atoms with E-state index in [1.165, 1.54) is 6.20 Å². The predicted octanol–water partition coefficient (Wildman–Crippen LogP) is 2.61. The van der Waals surface area contributed by atoms with Gasteiger partial charge in [0, 0.05) is 6.20 Å². The van der Waals surface area contributed by atoms with Crippen molar-refractivity contribution in [3.63, 3.8) is 0 Å². The molecule has 1 aromatic heterocycles. The summed E-state index contributed by atoms with van der Waals surface area (Å²) in [6, 6.07) is 3.17. The Morgan fingerprint density at radius 1 is 1.37 bits per heavy atom. The fourth-order valence-corrected chi connectivity index (χ4v) is 1.28. The van der Waals surface area contributed by atoms with Gasteiger partial charge in [-0.15, -0.1) is 0 Å². The van der Waals surface area contributed by atoms with Gasteiger partial charge in [-0.25, -0.2) is 14.6 Å². The highest BCUT2D eigenvalue weighted by Gasteiger charge is 2.19. The third kappa shape index (κ3) is 4.95. The zero-order valence-electron chi connectivity index (χ0n) is 11.5. The van der Waals surface area contributed by atoms with Crippen molar-refractivity contribution in [1.82, 2.24) is 4.98 Å². The summed E-state index contributed by atoms with van der Waals surface area (Å²) in [4.78, 5) is 27.2. The number of esters is 1. The second-order valence-corrected chi connectivity index (χ2v) is 4.75. The van der Waals surface area contributed by atoms with Crippen LogP contribution in [0.4, 0.5) is 10.5 Å². The van der Waals surface area contributed by atoms with Crippen molar-refractivity contribution in [2.45, 2.75) is 33.3 Å². The molecule has 6 heteroatoms. The minimum absolute atomic E-state index is 0.0511. The summed E-state index contributed by atoms with van der Waals surface area (Å²) in [6.07, 6.45) is 0.804. The van der Waals surface area contributed by atoms with Gasteiger partial charge in [0.05, 0.1) is 12.3 Å². The van der Waals surface area contributed by atoms with E-state index in [2.05, 4.69) is 10.3 Å². The second-order valence-electron chi connectivity index (χ2n) is 4.75. The first-order chi connectivity index (χ1) is 8.83. The third-order valence-corrected chi connectivity index (χ3v) is 1.91. The van der Waals surface area contributed by atoms with Gasteiger partial charge in [0.15, 0.2) is 5.69 Å². The van der Waals surface area contributed by atoms with Crippen molar-refractivity contribution in [3.8, 4) is 0 Å². The van der Waals surface area contributed by atoms with E-state index in [-0.39, 0.29) is 18.0 Å². The lowest BCUT2D eigenvalue weighted by atomic mass is 10.2. The number of nitrogens with one attached hydrogen (secondary N) is 1. The normalized spacial score (nSPS) is 10.7. The van der Waals surface area contributed by atoms with Crippen molar-refractivity contribution in [2.24, 2.45) is 0 Å². The molecule has 0 fully saturated rings. The molecule has 6 nitrogen and oxygen atoms in total. The molecule has 0 spiro atoms. The highest BCUT2D eigenvalue weighted by atomic mass is 16.6. The molecule has 1 N–H and O–H groups in total. The van der Waals surface area contributed by atoms with E-state index in [9.17, 15) is 9.59 Å². The molecule has 1 rings (SSSR count). The Bertz CT molecular complexity index is 466. The smallest absolute Gasteiger partial charge is 0.412 e. The van der Waals surface area contributed by atoms with Gasteiger partial charge in [-0.2, -0.15) is 0 Å². The molecule has 1 amide bonds. The molecule has 0 aliphatic carbocycles. The van der Waals surface area contributed by atoms with Crippen molar-refractivity contribution in [3.05, 3.63) is 24.0 Å². The Morgan fingerprint density at radius 2 is 2.05 bits per heavy atom. The number of carbonyl (C=O) groups excluding carboxylic acids is 2. The zero-order valence-corrected chi connectivity index (χ0v) is 11.5. The molecule has 19 heavy (non-hydrogen) atoms. The lowest BCUT2D eigenvalue weighted by Gasteiger charge is -2.20. The minimum Gasteiger partial charge on any atom is -0.461 e. The molecular formula is C13H18N2O4. The average molecular weight is 266 g/mol. The molecule has 0 bridgehead atoms. The van der Waals surface area contributed by atoms with Crippen LogP contribution in [-0.2, 0) is 9.47 Å². The highest BCUT2D eigenvalue weighted by Crippen LogP contribution is 2.15. The molecule has 0 saturated heterocycles. The van der Waals surface area contributed by atoms with Crippen molar-refractivity contribution in [1.29, 1.82) is 0 Å². The Morgan fingerprint density at radius 3 is 2.63 bits per heavy atom. The topological polar surface area (TPSA) is 77.5 Å². The Hall–Kier alpha value is -2.11. The maximum Gasteiger partial charge on any atom is 0.412 e. The Kier molecular flexibility index (Phi) is 4.86. The summed E-state index contributed by atoms with van der Waals surface area (Å²) in [5, 5.41) is 2.48. The number of nitrogens with zero attached hydrogens (tertiary/aromatic N) is 1. The molecule has 104 valence electrons. The fraction of sp³-hybridized carbons (Fsp3) is 0.462. The molecule has 0 atom stereocenters. The largest absolute Gasteiger partial charge is 0.461 e. The van der Waals surface area contributed by atoms with E-state index in [0.29, 0.717) is 0 Å². The van der Waals surface area contributed by atoms with E-state index in [1.54, 1.807) is 39.8 Å². The summed E-state index contributed by atoms with van der Waals surface area (Å²) in [5.74, 6) is -0.589. The van der Waals surface area contributed by atoms with Crippen LogP contribution >= 0.6 is 0 Å². The van der Waals surface area contributed by atoms with E-state index in [4.69, 9.17) is 9.47 Å². The van der Waals surface area contributed by atoms with Crippen LogP contribution in [0.3, 0.4) is 0 Å². The molecular weight excluding hydrogens is 248 g/mol. The maximum atomic E-state index is 11.7. The van der Waals surface area contributed by atoms with Crippen LogP contribution in [0.1, 0.15) is 38.2 Å². The summed E-state index contributed by atoms with van der Waals surface area (Å²) in [5.41, 5.74) is -0.304. The monoisotopic (exact) mass is 266 g/mol. The molecule has 1 heterocycles. The van der Waals surface area contributed by atoms with Crippen molar-refractivity contribution < 1.29 is 19.1 Å². The predicted molar refractivity (Wildman–Crippen MR) is 70.1 cm³/mol. The molecule has 0 radical (unpaired) electrons. The van der Waals surface area contributed by atoms with Crippen LogP contribution in [0.2, 0.25) is 0 Å². The van der Waals surface area contributed by atoms with Gasteiger partial charge in [0.1, 0.15) is 5.60 Å². The van der Waals surface area contributed by atoms with Gasteiger partial charge < -0.3 is 9.47 Å². The second kappa shape index (κ2) is 6.17. The third-order valence-electron chi connectivity index (χ3n) is 1.91. The molecule has 0 aliphatic rings. The fourth-order valence-electron chi connectivity index (χ4n) is 1.28. The van der Waals surface area contributed by atoms with Crippen LogP contribution in [0.25, 0.3) is 0 Å². The van der Waals surface area contributed by atoms with Gasteiger partial charge in [-0.1, -0.05) is 0 Å². The van der Waals surface area contributed by atoms with Gasteiger partial charge in [-0.05, 0) is 39.8 Å². The number of pyridine rings is 1. The Labute approximate surface area is 112 Å². The quantitative estimate of drug-likeness (QED) is 0.851. The van der Waals surface area contributed by atoms with E-state index in [1.807, 2.05) is 0 Å². The zero-order chi connectivity index (χ0) is 14.5. The standard InChI is InChI=1S/C13H18N2O4/c1-5-18-11(16)10-9(7-6-8-14-10)15-12(17)19-13(2,3)4/h6-8H,5H2,1-4H3,(H,15,17). The summed E-state index contributed by atoms with van der Waals surface area (Å²) < 4.78 is 9.96. The van der Waals surface area contributed by atoms with Crippen LogP contribution in [-0.4, -0.2) is 29.3 Å². The van der Waals surface area contributed by atoms with Crippen molar-refractivity contribution in [2.75, 3.05) is 11.9 Å². The van der Waals surface area contributed by atoms with Crippen LogP contribution in [0.15, 0.2) is 18.3 Å². The minimum atomic E-state index is -0.647. The number of rotatable bonds is 3. The first-order valence-corrected chi connectivity index (χ1v) is 5.95. The van der Waals surface area contributed by atoms with Gasteiger partial charge in [0.25, 0.3) is 0 Å². The first kappa shape index (κ1) is 14.9. The van der Waals surface area contributed by atoms with E-state index < -0.39 is 17.7 Å².